The third-order valence-corrected chi connectivity index (χ3v) is 2.58. The Labute approximate surface area is 79.6 Å². The predicted octanol–water partition coefficient (Wildman–Crippen LogP) is 1.62. The highest BCUT2D eigenvalue weighted by Gasteiger charge is 2.08. The van der Waals surface area contributed by atoms with E-state index < -0.39 is 11.1 Å². The minimum absolute atomic E-state index is 0.367. The molecule has 1 aromatic rings. The van der Waals surface area contributed by atoms with Crippen LogP contribution in [0.4, 0.5) is 0 Å². The number of nitriles is 1. The van der Waals surface area contributed by atoms with Crippen LogP contribution in [0.5, 0.6) is 0 Å². The molecule has 0 bridgehead atoms. The summed E-state index contributed by atoms with van der Waals surface area (Å²) in [5.74, 6) is 0. The molecule has 1 aromatic carbocycles. The summed E-state index contributed by atoms with van der Waals surface area (Å²) in [6.45, 7) is 2.12. The maximum atomic E-state index is 11.4. The van der Waals surface area contributed by atoms with E-state index in [4.69, 9.17) is 9.44 Å². The second kappa shape index (κ2) is 4.75. The van der Waals surface area contributed by atoms with E-state index in [1.54, 1.807) is 31.2 Å². The Hall–Kier alpha value is -1.18. The second-order valence-corrected chi connectivity index (χ2v) is 3.39. The molecule has 0 saturated heterocycles. The highest BCUT2D eigenvalue weighted by atomic mass is 32.2. The molecule has 0 spiro atoms. The summed E-state index contributed by atoms with van der Waals surface area (Å²) < 4.78 is 16.3. The fourth-order valence-electron chi connectivity index (χ4n) is 0.875. The minimum Gasteiger partial charge on any atom is -0.287 e. The zero-order valence-electron chi connectivity index (χ0n) is 7.19. The smallest absolute Gasteiger partial charge is 0.190 e. The van der Waals surface area contributed by atoms with Crippen LogP contribution in [0.3, 0.4) is 0 Å². The normalized spacial score (nSPS) is 12.0. The molecule has 3 nitrogen and oxygen atoms in total. The first-order chi connectivity index (χ1) is 6.29. The fraction of sp³-hybridized carbons (Fsp3) is 0.222. The molecule has 1 atom stereocenters. The molecule has 0 radical (unpaired) electrons. The van der Waals surface area contributed by atoms with Crippen molar-refractivity contribution in [3.05, 3.63) is 29.8 Å². The van der Waals surface area contributed by atoms with Gasteiger partial charge in [-0.1, -0.05) is 12.1 Å². The largest absolute Gasteiger partial charge is 0.287 e. The molecule has 0 N–H and O–H groups in total. The quantitative estimate of drug-likeness (QED) is 0.736. The molecule has 0 amide bonds. The Bertz CT molecular complexity index is 357. The van der Waals surface area contributed by atoms with E-state index in [0.717, 1.165) is 0 Å². The van der Waals surface area contributed by atoms with Crippen LogP contribution < -0.4 is 0 Å². The average Bonchev–Trinajstić information content (AvgIpc) is 2.18. The number of nitrogens with zero attached hydrogens (tertiary/aromatic N) is 1. The van der Waals surface area contributed by atoms with Gasteiger partial charge in [0.15, 0.2) is 11.1 Å². The lowest BCUT2D eigenvalue weighted by Gasteiger charge is -2.01. The van der Waals surface area contributed by atoms with Crippen LogP contribution in [0.2, 0.25) is 0 Å². The topological polar surface area (TPSA) is 50.1 Å². The first kappa shape index (κ1) is 9.90. The molecule has 0 saturated carbocycles. The van der Waals surface area contributed by atoms with Crippen molar-refractivity contribution in [2.75, 3.05) is 6.61 Å². The van der Waals surface area contributed by atoms with E-state index >= 15 is 0 Å². The molecular formula is C9H9NO2S. The van der Waals surface area contributed by atoms with Gasteiger partial charge in [0.05, 0.1) is 17.1 Å². The Kier molecular flexibility index (Phi) is 3.62. The van der Waals surface area contributed by atoms with Gasteiger partial charge < -0.3 is 0 Å². The van der Waals surface area contributed by atoms with E-state index in [0.29, 0.717) is 17.1 Å². The Balaban J connectivity index is 3.01. The van der Waals surface area contributed by atoms with Crippen molar-refractivity contribution in [2.45, 2.75) is 11.8 Å². The Morgan fingerprint density at radius 2 is 2.23 bits per heavy atom. The summed E-state index contributed by atoms with van der Waals surface area (Å²) in [5.41, 5.74) is 0.397. The zero-order chi connectivity index (χ0) is 9.68. The van der Waals surface area contributed by atoms with Crippen LogP contribution in [0.25, 0.3) is 0 Å². The van der Waals surface area contributed by atoms with Crippen molar-refractivity contribution in [3.8, 4) is 6.07 Å². The van der Waals surface area contributed by atoms with Crippen LogP contribution in [0.15, 0.2) is 29.2 Å². The maximum absolute atomic E-state index is 11.4. The third-order valence-electron chi connectivity index (χ3n) is 1.41. The zero-order valence-corrected chi connectivity index (χ0v) is 8.00. The molecule has 0 aliphatic carbocycles. The molecule has 0 aliphatic heterocycles. The summed E-state index contributed by atoms with van der Waals surface area (Å²) in [5, 5.41) is 8.70. The van der Waals surface area contributed by atoms with Crippen molar-refractivity contribution in [1.82, 2.24) is 0 Å². The summed E-state index contributed by atoms with van der Waals surface area (Å²) in [7, 11) is 0. The van der Waals surface area contributed by atoms with Gasteiger partial charge in [-0.3, -0.25) is 4.18 Å². The van der Waals surface area contributed by atoms with Crippen molar-refractivity contribution in [2.24, 2.45) is 0 Å². The lowest BCUT2D eigenvalue weighted by atomic mass is 10.2. The number of rotatable bonds is 3. The van der Waals surface area contributed by atoms with Gasteiger partial charge in [-0.15, -0.1) is 0 Å². The van der Waals surface area contributed by atoms with Gasteiger partial charge >= 0.3 is 0 Å². The molecule has 4 heteroatoms. The van der Waals surface area contributed by atoms with Gasteiger partial charge in [-0.2, -0.15) is 5.26 Å². The highest BCUT2D eigenvalue weighted by molar-refractivity contribution is 7.80. The molecule has 0 fully saturated rings. The van der Waals surface area contributed by atoms with Gasteiger partial charge in [-0.05, 0) is 19.1 Å². The average molecular weight is 195 g/mol. The standard InChI is InChI=1S/C9H9NO2S/c1-2-12-13(11)9-6-4-3-5-8(9)7-10/h3-6H,2H2,1H3. The van der Waals surface area contributed by atoms with Crippen LogP contribution in [0.1, 0.15) is 12.5 Å². The second-order valence-electron chi connectivity index (χ2n) is 2.25. The van der Waals surface area contributed by atoms with Crippen LogP contribution in [0, 0.1) is 11.3 Å². The molecule has 0 aliphatic rings. The van der Waals surface area contributed by atoms with Crippen molar-refractivity contribution in [1.29, 1.82) is 5.26 Å². The van der Waals surface area contributed by atoms with Crippen molar-refractivity contribution >= 4 is 11.1 Å². The van der Waals surface area contributed by atoms with E-state index in [-0.39, 0.29) is 0 Å². The summed E-state index contributed by atoms with van der Waals surface area (Å²) in [6, 6.07) is 8.67. The van der Waals surface area contributed by atoms with Gasteiger partial charge in [0.1, 0.15) is 6.07 Å². The number of benzene rings is 1. The summed E-state index contributed by atoms with van der Waals surface area (Å²) in [4.78, 5) is 0.437. The van der Waals surface area contributed by atoms with E-state index in [1.165, 1.54) is 0 Å². The summed E-state index contributed by atoms with van der Waals surface area (Å²) in [6.07, 6.45) is 0. The van der Waals surface area contributed by atoms with Crippen molar-refractivity contribution < 1.29 is 8.39 Å². The molecule has 0 aromatic heterocycles. The monoisotopic (exact) mass is 195 g/mol. The first-order valence-electron chi connectivity index (χ1n) is 3.83. The molecule has 1 unspecified atom stereocenters. The molecule has 1 rings (SSSR count). The minimum atomic E-state index is -1.52. The molecular weight excluding hydrogens is 186 g/mol. The SMILES string of the molecule is CCOS(=O)c1ccccc1C#N. The lowest BCUT2D eigenvalue weighted by molar-refractivity contribution is 0.371. The van der Waals surface area contributed by atoms with Crippen LogP contribution in [-0.4, -0.2) is 10.8 Å². The third kappa shape index (κ3) is 2.38. The first-order valence-corrected chi connectivity index (χ1v) is 4.91. The highest BCUT2D eigenvalue weighted by Crippen LogP contribution is 2.12. The van der Waals surface area contributed by atoms with Crippen molar-refractivity contribution in [3.63, 3.8) is 0 Å². The van der Waals surface area contributed by atoms with E-state index in [2.05, 4.69) is 0 Å². The van der Waals surface area contributed by atoms with Crippen LogP contribution >= 0.6 is 0 Å². The Morgan fingerprint density at radius 3 is 2.85 bits per heavy atom. The van der Waals surface area contributed by atoms with Gasteiger partial charge in [0.2, 0.25) is 0 Å². The maximum Gasteiger partial charge on any atom is 0.190 e. The predicted molar refractivity (Wildman–Crippen MR) is 49.2 cm³/mol. The van der Waals surface area contributed by atoms with Gasteiger partial charge in [0.25, 0.3) is 0 Å². The number of hydrogen-bond acceptors (Lipinski definition) is 3. The fourth-order valence-corrected chi connectivity index (χ4v) is 1.70. The number of hydrogen-bond donors (Lipinski definition) is 0. The van der Waals surface area contributed by atoms with Gasteiger partial charge in [-0.25, -0.2) is 4.21 Å². The molecule has 13 heavy (non-hydrogen) atoms. The van der Waals surface area contributed by atoms with Gasteiger partial charge in [0, 0.05) is 0 Å². The molecule has 68 valence electrons. The molecule has 0 heterocycles. The van der Waals surface area contributed by atoms with E-state index in [1.807, 2.05) is 6.07 Å². The van der Waals surface area contributed by atoms with E-state index in [9.17, 15) is 4.21 Å². The summed E-state index contributed by atoms with van der Waals surface area (Å²) >= 11 is -1.52. The Morgan fingerprint density at radius 1 is 1.54 bits per heavy atom. The lowest BCUT2D eigenvalue weighted by Crippen LogP contribution is -1.99. The van der Waals surface area contributed by atoms with Crippen LogP contribution in [-0.2, 0) is 15.3 Å².